The summed E-state index contributed by atoms with van der Waals surface area (Å²) < 4.78 is 2.08. The van der Waals surface area contributed by atoms with Gasteiger partial charge in [-0.2, -0.15) is 21.0 Å². The molecule has 0 amide bonds. The fourth-order valence-electron chi connectivity index (χ4n) is 5.94. The molecule has 45 heavy (non-hydrogen) atoms. The molecule has 0 aliphatic rings. The molecule has 0 spiro atoms. The molecule has 1 heterocycles. The van der Waals surface area contributed by atoms with Crippen molar-refractivity contribution < 1.29 is 0 Å². The van der Waals surface area contributed by atoms with Gasteiger partial charge in [0.25, 0.3) is 0 Å². The van der Waals surface area contributed by atoms with E-state index in [-0.39, 0.29) is 0 Å². The Balaban J connectivity index is 1.49. The first-order valence-electron chi connectivity index (χ1n) is 14.2. The third-order valence-electron chi connectivity index (χ3n) is 8.03. The van der Waals surface area contributed by atoms with Crippen molar-refractivity contribution in [1.29, 1.82) is 21.0 Å². The predicted molar refractivity (Wildman–Crippen MR) is 176 cm³/mol. The van der Waals surface area contributed by atoms with Gasteiger partial charge in [0, 0.05) is 16.5 Å². The van der Waals surface area contributed by atoms with Gasteiger partial charge in [0.1, 0.15) is 0 Å². The van der Waals surface area contributed by atoms with Crippen LogP contribution < -0.4 is 0 Å². The molecule has 0 aliphatic carbocycles. The van der Waals surface area contributed by atoms with E-state index < -0.39 is 0 Å². The molecular formula is C40H21N5. The van der Waals surface area contributed by atoms with E-state index in [1.165, 1.54) is 0 Å². The Hall–Kier alpha value is -6.92. The zero-order valence-corrected chi connectivity index (χ0v) is 23.9. The van der Waals surface area contributed by atoms with Crippen LogP contribution in [0.2, 0.25) is 0 Å². The Bertz CT molecular complexity index is 2400. The fraction of sp³-hybridized carbons (Fsp3) is 0. The molecule has 7 rings (SSSR count). The first-order chi connectivity index (χ1) is 22.1. The number of nitriles is 4. The van der Waals surface area contributed by atoms with Gasteiger partial charge < -0.3 is 4.57 Å². The van der Waals surface area contributed by atoms with E-state index in [4.69, 9.17) is 0 Å². The molecule has 0 unspecified atom stereocenters. The van der Waals surface area contributed by atoms with Crippen LogP contribution in [0.15, 0.2) is 127 Å². The van der Waals surface area contributed by atoms with Gasteiger partial charge >= 0.3 is 0 Å². The maximum absolute atomic E-state index is 10.2. The lowest BCUT2D eigenvalue weighted by Gasteiger charge is -2.14. The lowest BCUT2D eigenvalue weighted by atomic mass is 9.92. The fourth-order valence-corrected chi connectivity index (χ4v) is 5.94. The summed E-state index contributed by atoms with van der Waals surface area (Å²) in [7, 11) is 0. The molecule has 0 atom stereocenters. The minimum absolute atomic E-state index is 0.498. The van der Waals surface area contributed by atoms with Crippen LogP contribution in [0.4, 0.5) is 0 Å². The minimum Gasteiger partial charge on any atom is -0.309 e. The van der Waals surface area contributed by atoms with Gasteiger partial charge in [-0.05, 0) is 118 Å². The van der Waals surface area contributed by atoms with Crippen LogP contribution in [0.25, 0.3) is 60.9 Å². The highest BCUT2D eigenvalue weighted by Crippen LogP contribution is 2.37. The number of hydrogen-bond acceptors (Lipinski definition) is 4. The van der Waals surface area contributed by atoms with Crippen molar-refractivity contribution >= 4 is 21.8 Å². The van der Waals surface area contributed by atoms with Crippen molar-refractivity contribution in [3.05, 3.63) is 150 Å². The van der Waals surface area contributed by atoms with Crippen molar-refractivity contribution in [1.82, 2.24) is 4.57 Å². The molecular weight excluding hydrogens is 550 g/mol. The van der Waals surface area contributed by atoms with Gasteiger partial charge in [0.05, 0.1) is 57.6 Å². The Morgan fingerprint density at radius 2 is 0.844 bits per heavy atom. The van der Waals surface area contributed by atoms with Gasteiger partial charge in [-0.1, -0.05) is 42.5 Å². The van der Waals surface area contributed by atoms with E-state index in [9.17, 15) is 21.0 Å². The van der Waals surface area contributed by atoms with Crippen molar-refractivity contribution in [2.75, 3.05) is 0 Å². The van der Waals surface area contributed by atoms with E-state index in [0.29, 0.717) is 22.3 Å². The first kappa shape index (κ1) is 26.9. The predicted octanol–water partition coefficient (Wildman–Crippen LogP) is 9.27. The molecule has 0 aliphatic heterocycles. The highest BCUT2D eigenvalue weighted by Gasteiger charge is 2.16. The van der Waals surface area contributed by atoms with Crippen LogP contribution >= 0.6 is 0 Å². The van der Waals surface area contributed by atoms with Gasteiger partial charge in [0.2, 0.25) is 0 Å². The van der Waals surface area contributed by atoms with Crippen LogP contribution in [0.5, 0.6) is 0 Å². The van der Waals surface area contributed by atoms with Crippen LogP contribution in [0, 0.1) is 45.3 Å². The second kappa shape index (κ2) is 11.1. The van der Waals surface area contributed by atoms with E-state index in [1.54, 1.807) is 18.2 Å². The summed E-state index contributed by atoms with van der Waals surface area (Å²) >= 11 is 0. The van der Waals surface area contributed by atoms with E-state index in [2.05, 4.69) is 65.2 Å². The van der Waals surface area contributed by atoms with E-state index >= 15 is 0 Å². The number of nitrogens with zero attached hydrogens (tertiary/aromatic N) is 5. The second-order valence-electron chi connectivity index (χ2n) is 10.8. The monoisotopic (exact) mass is 571 g/mol. The number of fused-ring (bicyclic) bond motifs is 3. The zero-order chi connectivity index (χ0) is 30.9. The van der Waals surface area contributed by atoms with Crippen molar-refractivity contribution in [3.8, 4) is 63.3 Å². The van der Waals surface area contributed by atoms with Crippen LogP contribution in [-0.4, -0.2) is 4.57 Å². The summed E-state index contributed by atoms with van der Waals surface area (Å²) in [6.07, 6.45) is 0. The standard InChI is InChI=1S/C40H21N5/c41-22-26-5-4-8-31(13-26)34-18-33(30-6-2-1-3-7-30)19-35(20-34)32-14-29(25-44)15-36(21-32)45-39-11-9-27(23-42)16-37(39)38-17-28(24-43)10-12-40(38)45/h1-21H. The number of benzene rings is 6. The minimum atomic E-state index is 0.498. The molecule has 0 saturated heterocycles. The molecule has 0 saturated carbocycles. The number of hydrogen-bond donors (Lipinski definition) is 0. The maximum Gasteiger partial charge on any atom is 0.0992 e. The normalized spacial score (nSPS) is 10.6. The first-order valence-corrected chi connectivity index (χ1v) is 14.2. The lowest BCUT2D eigenvalue weighted by Crippen LogP contribution is -1.96. The van der Waals surface area contributed by atoms with Crippen molar-refractivity contribution in [2.24, 2.45) is 0 Å². The van der Waals surface area contributed by atoms with Gasteiger partial charge in [0.15, 0.2) is 0 Å². The number of aromatic nitrogens is 1. The SMILES string of the molecule is N#Cc1cccc(-c2cc(-c3ccccc3)cc(-c3cc(C#N)cc(-n4c5ccc(C#N)cc5c5cc(C#N)ccc54)c3)c2)c1. The summed E-state index contributed by atoms with van der Waals surface area (Å²) in [5.41, 5.74) is 10.4. The summed E-state index contributed by atoms with van der Waals surface area (Å²) in [5.74, 6) is 0. The quantitative estimate of drug-likeness (QED) is 0.210. The average molecular weight is 572 g/mol. The summed E-state index contributed by atoms with van der Waals surface area (Å²) in [6.45, 7) is 0. The highest BCUT2D eigenvalue weighted by molar-refractivity contribution is 6.10. The summed E-state index contributed by atoms with van der Waals surface area (Å²) in [6, 6.07) is 49.9. The highest BCUT2D eigenvalue weighted by atomic mass is 15.0. The van der Waals surface area contributed by atoms with Crippen molar-refractivity contribution in [3.63, 3.8) is 0 Å². The zero-order valence-electron chi connectivity index (χ0n) is 23.9. The molecule has 0 radical (unpaired) electrons. The topological polar surface area (TPSA) is 100 Å². The average Bonchev–Trinajstić information content (AvgIpc) is 3.44. The lowest BCUT2D eigenvalue weighted by molar-refractivity contribution is 1.18. The van der Waals surface area contributed by atoms with Crippen LogP contribution in [0.1, 0.15) is 22.3 Å². The Labute approximate surface area is 259 Å². The molecule has 1 aromatic heterocycles. The molecule has 5 heteroatoms. The summed E-state index contributed by atoms with van der Waals surface area (Å²) in [4.78, 5) is 0. The van der Waals surface area contributed by atoms with Crippen molar-refractivity contribution in [2.45, 2.75) is 0 Å². The summed E-state index contributed by atoms with van der Waals surface area (Å²) in [5, 5.41) is 40.6. The van der Waals surface area contributed by atoms with Gasteiger partial charge in [-0.15, -0.1) is 0 Å². The smallest absolute Gasteiger partial charge is 0.0992 e. The van der Waals surface area contributed by atoms with Crippen LogP contribution in [0.3, 0.4) is 0 Å². The molecule has 0 bridgehead atoms. The Kier molecular flexibility index (Phi) is 6.62. The maximum atomic E-state index is 10.2. The molecule has 5 nitrogen and oxygen atoms in total. The molecule has 7 aromatic rings. The number of rotatable bonds is 4. The third kappa shape index (κ3) is 4.84. The molecule has 206 valence electrons. The molecule has 0 fully saturated rings. The van der Waals surface area contributed by atoms with Gasteiger partial charge in [-0.25, -0.2) is 0 Å². The largest absolute Gasteiger partial charge is 0.309 e. The Morgan fingerprint density at radius 3 is 1.44 bits per heavy atom. The molecule has 0 N–H and O–H groups in total. The Morgan fingerprint density at radius 1 is 0.356 bits per heavy atom. The van der Waals surface area contributed by atoms with E-state index in [0.717, 1.165) is 60.9 Å². The molecule has 6 aromatic carbocycles. The van der Waals surface area contributed by atoms with E-state index in [1.807, 2.05) is 72.8 Å². The second-order valence-corrected chi connectivity index (χ2v) is 10.8. The third-order valence-corrected chi connectivity index (χ3v) is 8.03. The van der Waals surface area contributed by atoms with Crippen LogP contribution in [-0.2, 0) is 0 Å². The van der Waals surface area contributed by atoms with Gasteiger partial charge in [-0.3, -0.25) is 0 Å².